The van der Waals surface area contributed by atoms with Gasteiger partial charge < -0.3 is 9.33 Å². The Hall–Kier alpha value is -1.14. The van der Waals surface area contributed by atoms with Crippen LogP contribution in [0.4, 0.5) is 4.79 Å². The third kappa shape index (κ3) is 5.01. The first-order valence-electron chi connectivity index (χ1n) is 6.18. The summed E-state index contributed by atoms with van der Waals surface area (Å²) in [5, 5.41) is 0. The van der Waals surface area contributed by atoms with Crippen molar-refractivity contribution >= 4 is 14.3 Å². The van der Waals surface area contributed by atoms with Crippen molar-refractivity contribution < 1.29 is 9.22 Å². The Kier molecular flexibility index (Phi) is 5.10. The molecule has 0 radical (unpaired) electrons. The molecule has 0 bridgehead atoms. The number of aryl methyl sites for hydroxylation is 1. The molecule has 0 atom stereocenters. The van der Waals surface area contributed by atoms with Crippen LogP contribution < -0.4 is 0 Å². The average Bonchev–Trinajstić information content (AvgIpc) is 2.70. The van der Waals surface area contributed by atoms with Gasteiger partial charge in [-0.05, 0) is 32.5 Å². The SMILES string of the molecule is CN(C)C(=O)n1cnc(CCCO[Si](C)(C)C)c1. The highest BCUT2D eigenvalue weighted by atomic mass is 28.4. The summed E-state index contributed by atoms with van der Waals surface area (Å²) >= 11 is 0. The summed E-state index contributed by atoms with van der Waals surface area (Å²) in [6.45, 7) is 7.30. The van der Waals surface area contributed by atoms with E-state index >= 15 is 0 Å². The first-order chi connectivity index (χ1) is 8.29. The molecule has 102 valence electrons. The molecule has 0 N–H and O–H groups in total. The van der Waals surface area contributed by atoms with Crippen molar-refractivity contribution in [2.45, 2.75) is 32.5 Å². The van der Waals surface area contributed by atoms with Crippen LogP contribution in [0.3, 0.4) is 0 Å². The van der Waals surface area contributed by atoms with E-state index in [1.54, 1.807) is 26.6 Å². The lowest BCUT2D eigenvalue weighted by Crippen LogP contribution is -2.26. The number of aromatic nitrogens is 2. The van der Waals surface area contributed by atoms with Crippen LogP contribution in [-0.2, 0) is 10.8 Å². The number of amides is 1. The standard InChI is InChI=1S/C12H23N3O2Si/c1-14(2)12(16)15-9-11(13-10-15)7-6-8-17-18(3,4)5/h9-10H,6-8H2,1-5H3. The second kappa shape index (κ2) is 6.15. The topological polar surface area (TPSA) is 47.4 Å². The fourth-order valence-electron chi connectivity index (χ4n) is 1.46. The number of rotatable bonds is 5. The normalized spacial score (nSPS) is 11.6. The zero-order valence-electron chi connectivity index (χ0n) is 11.9. The summed E-state index contributed by atoms with van der Waals surface area (Å²) in [5.41, 5.74) is 0.935. The molecule has 6 heteroatoms. The molecule has 0 saturated carbocycles. The largest absolute Gasteiger partial charge is 0.418 e. The molecule has 0 spiro atoms. The molecule has 5 nitrogen and oxygen atoms in total. The zero-order valence-corrected chi connectivity index (χ0v) is 12.9. The number of hydrogen-bond donors (Lipinski definition) is 0. The van der Waals surface area contributed by atoms with E-state index in [9.17, 15) is 4.79 Å². The molecule has 0 unspecified atom stereocenters. The van der Waals surface area contributed by atoms with E-state index in [0.717, 1.165) is 25.1 Å². The number of carbonyl (C=O) groups is 1. The van der Waals surface area contributed by atoms with Crippen LogP contribution in [-0.4, -0.2) is 49.5 Å². The summed E-state index contributed by atoms with van der Waals surface area (Å²) in [6, 6.07) is -0.0768. The molecule has 18 heavy (non-hydrogen) atoms. The molecule has 0 fully saturated rings. The van der Waals surface area contributed by atoms with Gasteiger partial charge in [-0.1, -0.05) is 0 Å². The predicted octanol–water partition coefficient (Wildman–Crippen LogP) is 2.20. The molecular formula is C12H23N3O2Si. The highest BCUT2D eigenvalue weighted by Gasteiger charge is 2.13. The molecule has 0 aliphatic rings. The first kappa shape index (κ1) is 14.9. The summed E-state index contributed by atoms with van der Waals surface area (Å²) in [7, 11) is 2.04. The molecule has 1 aromatic rings. The highest BCUT2D eigenvalue weighted by molar-refractivity contribution is 6.69. The number of carbonyl (C=O) groups excluding carboxylic acids is 1. The smallest absolute Gasteiger partial charge is 0.328 e. The van der Waals surface area contributed by atoms with Gasteiger partial charge in [0.1, 0.15) is 6.33 Å². The Morgan fingerprint density at radius 2 is 2.11 bits per heavy atom. The van der Waals surface area contributed by atoms with Crippen LogP contribution in [0.1, 0.15) is 12.1 Å². The van der Waals surface area contributed by atoms with Crippen molar-refractivity contribution in [1.82, 2.24) is 14.5 Å². The van der Waals surface area contributed by atoms with Gasteiger partial charge in [-0.25, -0.2) is 9.78 Å². The molecule has 0 aliphatic carbocycles. The van der Waals surface area contributed by atoms with Crippen molar-refractivity contribution in [1.29, 1.82) is 0 Å². The molecular weight excluding hydrogens is 246 g/mol. The van der Waals surface area contributed by atoms with Crippen LogP contribution in [0.2, 0.25) is 19.6 Å². The van der Waals surface area contributed by atoms with E-state index in [2.05, 4.69) is 24.6 Å². The fraction of sp³-hybridized carbons (Fsp3) is 0.667. The van der Waals surface area contributed by atoms with Gasteiger partial charge in [-0.15, -0.1) is 0 Å². The summed E-state index contributed by atoms with van der Waals surface area (Å²) < 4.78 is 7.28. The van der Waals surface area contributed by atoms with Crippen molar-refractivity contribution in [2.75, 3.05) is 20.7 Å². The number of nitrogens with zero attached hydrogens (tertiary/aromatic N) is 3. The van der Waals surface area contributed by atoms with Gasteiger partial charge >= 0.3 is 6.03 Å². The van der Waals surface area contributed by atoms with Crippen LogP contribution in [0.5, 0.6) is 0 Å². The molecule has 1 heterocycles. The predicted molar refractivity (Wildman–Crippen MR) is 74.3 cm³/mol. The molecule has 0 saturated heterocycles. The van der Waals surface area contributed by atoms with Gasteiger partial charge in [0.05, 0.1) is 5.69 Å². The third-order valence-electron chi connectivity index (χ3n) is 2.35. The van der Waals surface area contributed by atoms with Crippen molar-refractivity contribution in [3.63, 3.8) is 0 Å². The summed E-state index contributed by atoms with van der Waals surface area (Å²) in [6.07, 6.45) is 5.14. The van der Waals surface area contributed by atoms with Crippen LogP contribution >= 0.6 is 0 Å². The van der Waals surface area contributed by atoms with E-state index in [0.29, 0.717) is 0 Å². The fourth-order valence-corrected chi connectivity index (χ4v) is 2.22. The van der Waals surface area contributed by atoms with Gasteiger partial charge in [0, 0.05) is 26.9 Å². The summed E-state index contributed by atoms with van der Waals surface area (Å²) in [5.74, 6) is 0. The van der Waals surface area contributed by atoms with E-state index in [1.807, 2.05) is 0 Å². The Morgan fingerprint density at radius 3 is 2.67 bits per heavy atom. The van der Waals surface area contributed by atoms with Gasteiger partial charge in [0.2, 0.25) is 0 Å². The van der Waals surface area contributed by atoms with E-state index < -0.39 is 8.32 Å². The minimum Gasteiger partial charge on any atom is -0.418 e. The number of imidazole rings is 1. The van der Waals surface area contributed by atoms with E-state index in [4.69, 9.17) is 4.43 Å². The van der Waals surface area contributed by atoms with E-state index in [-0.39, 0.29) is 6.03 Å². The van der Waals surface area contributed by atoms with Gasteiger partial charge in [0.25, 0.3) is 0 Å². The maximum absolute atomic E-state index is 11.6. The molecule has 1 amide bonds. The minimum atomic E-state index is -1.41. The maximum Gasteiger partial charge on any atom is 0.328 e. The van der Waals surface area contributed by atoms with Crippen molar-refractivity contribution in [3.8, 4) is 0 Å². The number of hydrogen-bond acceptors (Lipinski definition) is 3. The van der Waals surface area contributed by atoms with Gasteiger partial charge in [-0.3, -0.25) is 4.57 Å². The quantitative estimate of drug-likeness (QED) is 0.608. The Balaban J connectivity index is 2.38. The lowest BCUT2D eigenvalue weighted by Gasteiger charge is -2.16. The minimum absolute atomic E-state index is 0.0768. The van der Waals surface area contributed by atoms with Crippen molar-refractivity contribution in [3.05, 3.63) is 18.2 Å². The average molecular weight is 269 g/mol. The Morgan fingerprint density at radius 1 is 1.44 bits per heavy atom. The van der Waals surface area contributed by atoms with Gasteiger partial charge in [0.15, 0.2) is 8.32 Å². The van der Waals surface area contributed by atoms with Crippen LogP contribution in [0, 0.1) is 0 Å². The van der Waals surface area contributed by atoms with Crippen LogP contribution in [0.25, 0.3) is 0 Å². The first-order valence-corrected chi connectivity index (χ1v) is 9.59. The lowest BCUT2D eigenvalue weighted by molar-refractivity contribution is 0.219. The zero-order chi connectivity index (χ0) is 13.8. The third-order valence-corrected chi connectivity index (χ3v) is 3.42. The lowest BCUT2D eigenvalue weighted by atomic mass is 10.3. The molecule has 0 aliphatic heterocycles. The van der Waals surface area contributed by atoms with Crippen molar-refractivity contribution in [2.24, 2.45) is 0 Å². The Labute approximate surface area is 110 Å². The highest BCUT2D eigenvalue weighted by Crippen LogP contribution is 2.06. The molecule has 1 aromatic heterocycles. The maximum atomic E-state index is 11.6. The second-order valence-electron chi connectivity index (χ2n) is 5.51. The summed E-state index contributed by atoms with van der Waals surface area (Å²) in [4.78, 5) is 17.4. The van der Waals surface area contributed by atoms with Crippen LogP contribution in [0.15, 0.2) is 12.5 Å². The molecule has 1 rings (SSSR count). The van der Waals surface area contributed by atoms with E-state index in [1.165, 1.54) is 9.47 Å². The second-order valence-corrected chi connectivity index (χ2v) is 10.0. The Bertz CT molecular complexity index is 396. The molecule has 0 aromatic carbocycles. The monoisotopic (exact) mass is 269 g/mol. The van der Waals surface area contributed by atoms with Gasteiger partial charge in [-0.2, -0.15) is 0 Å².